The molecule has 0 aliphatic heterocycles. The Morgan fingerprint density at radius 3 is 1.43 bits per heavy atom. The predicted octanol–water partition coefficient (Wildman–Crippen LogP) is 2.97. The van der Waals surface area contributed by atoms with Gasteiger partial charge in [0, 0.05) is 11.1 Å². The monoisotopic (exact) mass is 366 g/mol. The number of hydrogen-bond acceptors (Lipinski definition) is 6. The van der Waals surface area contributed by atoms with Gasteiger partial charge in [0.1, 0.15) is 0 Å². The van der Waals surface area contributed by atoms with Crippen LogP contribution in [0, 0.1) is 0 Å². The lowest BCUT2D eigenvalue weighted by Gasteiger charge is -2.07. The summed E-state index contributed by atoms with van der Waals surface area (Å²) in [4.78, 5) is 0. The van der Waals surface area contributed by atoms with Crippen LogP contribution in [0.4, 0.5) is 0 Å². The average molecular weight is 366 g/mol. The van der Waals surface area contributed by atoms with Crippen LogP contribution in [-0.4, -0.2) is 40.4 Å². The van der Waals surface area contributed by atoms with E-state index >= 15 is 0 Å². The van der Waals surface area contributed by atoms with Crippen molar-refractivity contribution in [3.63, 3.8) is 0 Å². The smallest absolute Gasteiger partial charge is 0.187 e. The van der Waals surface area contributed by atoms with Crippen molar-refractivity contribution in [1.82, 2.24) is 40.4 Å². The van der Waals surface area contributed by atoms with E-state index in [1.165, 1.54) is 0 Å². The number of rotatable bonds is 4. The zero-order chi connectivity index (χ0) is 18.8. The minimum absolute atomic E-state index is 0.645. The Bertz CT molecular complexity index is 1120. The van der Waals surface area contributed by atoms with Gasteiger partial charge in [-0.3, -0.25) is 0 Å². The molecule has 3 aromatic carbocycles. The number of tetrazole rings is 2. The molecular formula is C20H14N8. The first kappa shape index (κ1) is 16.0. The van der Waals surface area contributed by atoms with Crippen molar-refractivity contribution in [2.24, 2.45) is 0 Å². The van der Waals surface area contributed by atoms with E-state index in [4.69, 9.17) is 0 Å². The number of aromatic nitrogens is 8. The molecule has 0 fully saturated rings. The zero-order valence-electron chi connectivity index (χ0n) is 14.7. The van der Waals surface area contributed by atoms with Crippen molar-refractivity contribution in [2.45, 2.75) is 0 Å². The molecule has 0 saturated heterocycles. The fourth-order valence-electron chi connectivity index (χ4n) is 3.02. The highest BCUT2D eigenvalue weighted by molar-refractivity contribution is 5.67. The lowest BCUT2D eigenvalue weighted by Crippen LogP contribution is -2.01. The van der Waals surface area contributed by atoms with E-state index in [0.717, 1.165) is 22.5 Å². The zero-order valence-corrected chi connectivity index (χ0v) is 14.7. The van der Waals surface area contributed by atoms with Gasteiger partial charge in [-0.05, 0) is 51.2 Å². The van der Waals surface area contributed by atoms with Crippen LogP contribution in [0.15, 0.2) is 84.9 Å². The summed E-state index contributed by atoms with van der Waals surface area (Å²) >= 11 is 0. The molecule has 28 heavy (non-hydrogen) atoms. The van der Waals surface area contributed by atoms with E-state index in [9.17, 15) is 0 Å². The summed E-state index contributed by atoms with van der Waals surface area (Å²) in [5.74, 6) is 1.29. The Hall–Kier alpha value is -4.20. The van der Waals surface area contributed by atoms with Gasteiger partial charge in [0.05, 0.1) is 11.4 Å². The average Bonchev–Trinajstić information content (AvgIpc) is 3.45. The fourth-order valence-corrected chi connectivity index (χ4v) is 3.02. The van der Waals surface area contributed by atoms with Gasteiger partial charge < -0.3 is 0 Å². The maximum absolute atomic E-state index is 4.21. The van der Waals surface area contributed by atoms with Crippen LogP contribution in [0.3, 0.4) is 0 Å². The fraction of sp³-hybridized carbons (Fsp3) is 0. The third-order valence-corrected chi connectivity index (χ3v) is 4.32. The molecule has 0 N–H and O–H groups in total. The Morgan fingerprint density at radius 1 is 0.500 bits per heavy atom. The Balaban J connectivity index is 1.59. The summed E-state index contributed by atoms with van der Waals surface area (Å²) in [7, 11) is 0. The first-order chi connectivity index (χ1) is 13.9. The number of nitrogens with zero attached hydrogens (tertiary/aromatic N) is 8. The molecule has 8 nitrogen and oxygen atoms in total. The van der Waals surface area contributed by atoms with Crippen LogP contribution >= 0.6 is 0 Å². The quantitative estimate of drug-likeness (QED) is 0.486. The summed E-state index contributed by atoms with van der Waals surface area (Å²) in [5, 5.41) is 24.4. The van der Waals surface area contributed by atoms with Crippen molar-refractivity contribution in [2.75, 3.05) is 0 Å². The predicted molar refractivity (Wildman–Crippen MR) is 103 cm³/mol. The molecule has 8 heteroatoms. The first-order valence-electron chi connectivity index (χ1n) is 8.68. The summed E-state index contributed by atoms with van der Waals surface area (Å²) in [6.07, 6.45) is 0. The molecule has 0 spiro atoms. The molecule has 2 aromatic heterocycles. The Labute approximate surface area is 160 Å². The van der Waals surface area contributed by atoms with Crippen LogP contribution in [0.1, 0.15) is 0 Å². The minimum atomic E-state index is 0.645. The van der Waals surface area contributed by atoms with Crippen molar-refractivity contribution >= 4 is 0 Å². The van der Waals surface area contributed by atoms with Gasteiger partial charge >= 0.3 is 0 Å². The molecule has 5 aromatic rings. The lowest BCUT2D eigenvalue weighted by molar-refractivity contribution is 0.790. The van der Waals surface area contributed by atoms with Gasteiger partial charge in [0.2, 0.25) is 0 Å². The van der Waals surface area contributed by atoms with E-state index in [1.54, 1.807) is 9.36 Å². The minimum Gasteiger partial charge on any atom is -0.193 e. The van der Waals surface area contributed by atoms with E-state index in [-0.39, 0.29) is 0 Å². The van der Waals surface area contributed by atoms with Gasteiger partial charge in [0.25, 0.3) is 0 Å². The van der Waals surface area contributed by atoms with Gasteiger partial charge in [0.15, 0.2) is 11.6 Å². The van der Waals surface area contributed by atoms with Crippen molar-refractivity contribution < 1.29 is 0 Å². The van der Waals surface area contributed by atoms with Gasteiger partial charge in [-0.1, -0.05) is 54.6 Å². The SMILES string of the molecule is c1ccc(-n2nnnc2-c2cccc(-c3nnnn3-c3ccccc3)c2)cc1. The standard InChI is InChI=1S/C20H14N8/c1-3-10-17(11-4-1)27-19(21-23-25-27)15-8-7-9-16(14-15)20-22-24-26-28(20)18-12-5-2-6-13-18/h1-14H. The second-order valence-electron chi connectivity index (χ2n) is 6.08. The normalized spacial score (nSPS) is 10.9. The molecule has 0 saturated carbocycles. The van der Waals surface area contributed by atoms with Crippen molar-refractivity contribution in [3.8, 4) is 34.2 Å². The third kappa shape index (κ3) is 2.82. The Kier molecular flexibility index (Phi) is 3.91. The van der Waals surface area contributed by atoms with Gasteiger partial charge in [-0.25, -0.2) is 0 Å². The maximum Gasteiger partial charge on any atom is 0.187 e. The largest absolute Gasteiger partial charge is 0.193 e. The van der Waals surface area contributed by atoms with E-state index in [2.05, 4.69) is 31.1 Å². The molecule has 5 rings (SSSR count). The molecule has 0 radical (unpaired) electrons. The molecular weight excluding hydrogens is 352 g/mol. The number of para-hydroxylation sites is 2. The van der Waals surface area contributed by atoms with Crippen molar-refractivity contribution in [3.05, 3.63) is 84.9 Å². The maximum atomic E-state index is 4.21. The van der Waals surface area contributed by atoms with Crippen LogP contribution in [-0.2, 0) is 0 Å². The summed E-state index contributed by atoms with van der Waals surface area (Å²) < 4.78 is 3.42. The van der Waals surface area contributed by atoms with Gasteiger partial charge in [-0.2, -0.15) is 9.36 Å². The van der Waals surface area contributed by atoms with Crippen LogP contribution in [0.5, 0.6) is 0 Å². The molecule has 0 aliphatic carbocycles. The molecule has 2 heterocycles. The number of hydrogen-bond donors (Lipinski definition) is 0. The van der Waals surface area contributed by atoms with Gasteiger partial charge in [-0.15, -0.1) is 10.2 Å². The molecule has 0 aliphatic rings. The number of benzene rings is 3. The first-order valence-corrected chi connectivity index (χ1v) is 8.68. The second kappa shape index (κ2) is 6.84. The molecule has 0 amide bonds. The highest BCUT2D eigenvalue weighted by Crippen LogP contribution is 2.25. The molecule has 0 atom stereocenters. The van der Waals surface area contributed by atoms with E-state index < -0.39 is 0 Å². The summed E-state index contributed by atoms with van der Waals surface area (Å²) in [6.45, 7) is 0. The molecule has 134 valence electrons. The highest BCUT2D eigenvalue weighted by atomic mass is 15.5. The Morgan fingerprint density at radius 2 is 0.964 bits per heavy atom. The molecule has 0 bridgehead atoms. The van der Waals surface area contributed by atoms with E-state index in [0.29, 0.717) is 11.6 Å². The topological polar surface area (TPSA) is 87.2 Å². The summed E-state index contributed by atoms with van der Waals surface area (Å²) in [6, 6.07) is 27.4. The van der Waals surface area contributed by atoms with Crippen molar-refractivity contribution in [1.29, 1.82) is 0 Å². The van der Waals surface area contributed by atoms with Crippen LogP contribution in [0.2, 0.25) is 0 Å². The second-order valence-corrected chi connectivity index (χ2v) is 6.08. The highest BCUT2D eigenvalue weighted by Gasteiger charge is 2.15. The van der Waals surface area contributed by atoms with Crippen LogP contribution < -0.4 is 0 Å². The van der Waals surface area contributed by atoms with E-state index in [1.807, 2.05) is 84.9 Å². The van der Waals surface area contributed by atoms with Crippen LogP contribution in [0.25, 0.3) is 34.2 Å². The lowest BCUT2D eigenvalue weighted by atomic mass is 10.1. The third-order valence-electron chi connectivity index (χ3n) is 4.32. The summed E-state index contributed by atoms with van der Waals surface area (Å²) in [5.41, 5.74) is 3.52. The molecule has 0 unspecified atom stereocenters.